The Hall–Kier alpha value is -3.86. The minimum atomic E-state index is -0.579. The molecule has 0 bridgehead atoms. The summed E-state index contributed by atoms with van der Waals surface area (Å²) in [6.45, 7) is 0.371. The molecule has 11 heteroatoms. The van der Waals surface area contributed by atoms with Crippen molar-refractivity contribution in [2.75, 3.05) is 48.9 Å². The largest absolute Gasteiger partial charge is 0.493 e. The Morgan fingerprint density at radius 3 is 2.40 bits per heavy atom. The number of nitrogens with one attached hydrogen (secondary N) is 1. The summed E-state index contributed by atoms with van der Waals surface area (Å²) in [7, 11) is 7.07. The van der Waals surface area contributed by atoms with E-state index in [0.717, 1.165) is 11.1 Å². The maximum absolute atomic E-state index is 12.7. The zero-order chi connectivity index (χ0) is 25.1. The fraction of sp³-hybridized carbons (Fsp3) is 0.417. The maximum atomic E-state index is 12.7. The van der Waals surface area contributed by atoms with Crippen molar-refractivity contribution in [2.24, 2.45) is 0 Å². The molecular weight excluding hydrogens is 462 g/mol. The van der Waals surface area contributed by atoms with Crippen molar-refractivity contribution in [3.63, 3.8) is 0 Å². The van der Waals surface area contributed by atoms with Gasteiger partial charge in [0.15, 0.2) is 23.0 Å². The Labute approximate surface area is 202 Å². The lowest BCUT2D eigenvalue weighted by atomic mass is 9.93. The van der Waals surface area contributed by atoms with Crippen molar-refractivity contribution in [2.45, 2.75) is 18.6 Å². The van der Waals surface area contributed by atoms with Gasteiger partial charge < -0.3 is 43.2 Å². The van der Waals surface area contributed by atoms with E-state index in [1.54, 1.807) is 12.1 Å². The monoisotopic (exact) mass is 489 g/mol. The summed E-state index contributed by atoms with van der Waals surface area (Å²) in [5.74, 6) is 1.56. The molecule has 1 saturated heterocycles. The molecule has 1 fully saturated rings. The Morgan fingerprint density at radius 2 is 1.74 bits per heavy atom. The molecule has 0 unspecified atom stereocenters. The summed E-state index contributed by atoms with van der Waals surface area (Å²) in [6.07, 6.45) is -1.05. The molecule has 188 valence electrons. The van der Waals surface area contributed by atoms with Crippen LogP contribution in [0, 0.1) is 0 Å². The summed E-state index contributed by atoms with van der Waals surface area (Å²) < 4.78 is 43.5. The molecule has 0 spiro atoms. The number of methoxy groups -OCH3 is 5. The highest BCUT2D eigenvalue weighted by molar-refractivity contribution is 5.95. The van der Waals surface area contributed by atoms with Gasteiger partial charge in [0.25, 0.3) is 0 Å². The topological polar surface area (TPSA) is 123 Å². The van der Waals surface area contributed by atoms with Gasteiger partial charge in [0.2, 0.25) is 12.5 Å². The summed E-state index contributed by atoms with van der Waals surface area (Å²) >= 11 is 0. The number of carbonyl (C=O) groups is 2. The standard InChI is InChI=1S/C24H27NO10/c1-28-14-7-6-13(17(19(14)29-2)23(26)31-4)18-22(35-18)16-12(8-9-25-24(27)32-5)10-15-20(21(16)30-3)34-11-33-15/h6-7,10,18,22H,8-9,11H2,1-5H3,(H,25,27)/t18-,22-/m0/s1. The normalized spacial score (nSPS) is 17.4. The van der Waals surface area contributed by atoms with Crippen LogP contribution >= 0.6 is 0 Å². The van der Waals surface area contributed by atoms with Crippen molar-refractivity contribution in [3.8, 4) is 28.7 Å². The molecule has 2 heterocycles. The number of carbonyl (C=O) groups excluding carboxylic acids is 2. The second kappa shape index (κ2) is 10.2. The van der Waals surface area contributed by atoms with Gasteiger partial charge in [0.05, 0.1) is 35.5 Å². The molecular formula is C24H27NO10. The first kappa shape index (κ1) is 24.3. The minimum absolute atomic E-state index is 0.0616. The van der Waals surface area contributed by atoms with Gasteiger partial charge >= 0.3 is 12.1 Å². The van der Waals surface area contributed by atoms with Crippen LogP contribution in [0.2, 0.25) is 0 Å². The summed E-state index contributed by atoms with van der Waals surface area (Å²) in [6, 6.07) is 5.29. The molecule has 2 aliphatic heterocycles. The molecule has 1 amide bonds. The summed E-state index contributed by atoms with van der Waals surface area (Å²) in [5, 5.41) is 2.67. The van der Waals surface area contributed by atoms with Crippen LogP contribution in [0.3, 0.4) is 0 Å². The molecule has 2 aromatic carbocycles. The molecule has 2 aromatic rings. The van der Waals surface area contributed by atoms with Crippen molar-refractivity contribution >= 4 is 12.1 Å². The van der Waals surface area contributed by atoms with Crippen LogP contribution in [0.4, 0.5) is 4.79 Å². The molecule has 1 N–H and O–H groups in total. The third-order valence-electron chi connectivity index (χ3n) is 5.85. The fourth-order valence-electron chi connectivity index (χ4n) is 4.23. The van der Waals surface area contributed by atoms with Crippen LogP contribution in [0.25, 0.3) is 0 Å². The zero-order valence-electron chi connectivity index (χ0n) is 20.1. The number of amides is 1. The number of fused-ring (bicyclic) bond motifs is 1. The number of esters is 1. The number of ether oxygens (including phenoxy) is 8. The van der Waals surface area contributed by atoms with Gasteiger partial charge in [0.1, 0.15) is 17.8 Å². The highest BCUT2D eigenvalue weighted by atomic mass is 16.7. The highest BCUT2D eigenvalue weighted by Crippen LogP contribution is 2.59. The van der Waals surface area contributed by atoms with Gasteiger partial charge in [-0.2, -0.15) is 0 Å². The van der Waals surface area contributed by atoms with E-state index < -0.39 is 24.3 Å². The van der Waals surface area contributed by atoms with E-state index in [2.05, 4.69) is 10.1 Å². The molecule has 0 radical (unpaired) electrons. The number of alkyl carbamates (subject to hydrolysis) is 1. The molecule has 11 nitrogen and oxygen atoms in total. The Balaban J connectivity index is 1.74. The van der Waals surface area contributed by atoms with Gasteiger partial charge in [-0.25, -0.2) is 9.59 Å². The van der Waals surface area contributed by atoms with Gasteiger partial charge in [0, 0.05) is 17.7 Å². The molecule has 0 aromatic heterocycles. The van der Waals surface area contributed by atoms with Gasteiger partial charge in [-0.3, -0.25) is 0 Å². The van der Waals surface area contributed by atoms with Crippen LogP contribution in [-0.2, 0) is 20.6 Å². The van der Waals surface area contributed by atoms with Crippen molar-refractivity contribution in [3.05, 3.63) is 40.5 Å². The van der Waals surface area contributed by atoms with E-state index in [-0.39, 0.29) is 18.1 Å². The fourth-order valence-corrected chi connectivity index (χ4v) is 4.23. The zero-order valence-corrected chi connectivity index (χ0v) is 20.1. The van der Waals surface area contributed by atoms with Gasteiger partial charge in [-0.1, -0.05) is 6.07 Å². The number of hydrogen-bond acceptors (Lipinski definition) is 10. The number of rotatable bonds is 9. The quantitative estimate of drug-likeness (QED) is 0.415. The molecule has 2 atom stereocenters. The smallest absolute Gasteiger partial charge is 0.406 e. The number of epoxide rings is 1. The van der Waals surface area contributed by atoms with Crippen molar-refractivity contribution in [1.29, 1.82) is 0 Å². The van der Waals surface area contributed by atoms with E-state index in [0.29, 0.717) is 41.5 Å². The molecule has 0 saturated carbocycles. The highest BCUT2D eigenvalue weighted by Gasteiger charge is 2.48. The minimum Gasteiger partial charge on any atom is -0.493 e. The lowest BCUT2D eigenvalue weighted by molar-refractivity contribution is 0.0594. The second-order valence-electron chi connectivity index (χ2n) is 7.62. The summed E-state index contributed by atoms with van der Waals surface area (Å²) in [4.78, 5) is 24.2. The van der Waals surface area contributed by atoms with E-state index in [9.17, 15) is 9.59 Å². The number of hydrogen-bond donors (Lipinski definition) is 1. The van der Waals surface area contributed by atoms with Crippen molar-refractivity contribution in [1.82, 2.24) is 5.32 Å². The van der Waals surface area contributed by atoms with E-state index in [4.69, 9.17) is 33.2 Å². The lowest BCUT2D eigenvalue weighted by Gasteiger charge is -2.16. The van der Waals surface area contributed by atoms with Crippen LogP contribution in [-0.4, -0.2) is 60.9 Å². The van der Waals surface area contributed by atoms with Crippen LogP contribution in [0.1, 0.15) is 39.3 Å². The average Bonchev–Trinajstić information content (AvgIpc) is 3.53. The van der Waals surface area contributed by atoms with Crippen LogP contribution in [0.5, 0.6) is 28.7 Å². The first-order valence-corrected chi connectivity index (χ1v) is 10.8. The Kier molecular flexibility index (Phi) is 7.06. The van der Waals surface area contributed by atoms with Gasteiger partial charge in [-0.15, -0.1) is 0 Å². The predicted molar refractivity (Wildman–Crippen MR) is 121 cm³/mol. The molecule has 35 heavy (non-hydrogen) atoms. The Morgan fingerprint density at radius 1 is 0.971 bits per heavy atom. The lowest BCUT2D eigenvalue weighted by Crippen LogP contribution is -2.25. The third kappa shape index (κ3) is 4.46. The second-order valence-corrected chi connectivity index (χ2v) is 7.62. The average molecular weight is 489 g/mol. The summed E-state index contributed by atoms with van der Waals surface area (Å²) in [5.41, 5.74) is 2.36. The predicted octanol–water partition coefficient (Wildman–Crippen LogP) is 2.94. The van der Waals surface area contributed by atoms with Crippen LogP contribution in [0.15, 0.2) is 18.2 Å². The van der Waals surface area contributed by atoms with Gasteiger partial charge in [-0.05, 0) is 24.1 Å². The molecule has 0 aliphatic carbocycles. The number of benzene rings is 2. The molecule has 4 rings (SSSR count). The van der Waals surface area contributed by atoms with Crippen molar-refractivity contribution < 1.29 is 47.5 Å². The molecule has 2 aliphatic rings. The first-order valence-electron chi connectivity index (χ1n) is 10.8. The van der Waals surface area contributed by atoms with E-state index in [1.807, 2.05) is 6.07 Å². The first-order chi connectivity index (χ1) is 17.0. The maximum Gasteiger partial charge on any atom is 0.406 e. The SMILES string of the molecule is COC(=O)NCCc1cc2c(c(OC)c1[C@@H]1O[C@H]1c1ccc(OC)c(OC)c1C(=O)OC)OCO2. The Bertz CT molecular complexity index is 1130. The third-order valence-corrected chi connectivity index (χ3v) is 5.85. The van der Waals surface area contributed by atoms with Crippen LogP contribution < -0.4 is 29.0 Å². The van der Waals surface area contributed by atoms with E-state index in [1.165, 1.54) is 35.5 Å². The van der Waals surface area contributed by atoms with E-state index >= 15 is 0 Å².